The van der Waals surface area contributed by atoms with Crippen LogP contribution in [-0.2, 0) is 13.6 Å². The molecule has 3 heterocycles. The number of aryl methyl sites for hydroxylation is 3. The van der Waals surface area contributed by atoms with Crippen LogP contribution in [0, 0.1) is 19.7 Å². The molecule has 162 valence electrons. The maximum absolute atomic E-state index is 14.3. The molecule has 0 saturated heterocycles. The second-order valence-corrected chi connectivity index (χ2v) is 7.40. The van der Waals surface area contributed by atoms with E-state index in [4.69, 9.17) is 4.74 Å². The van der Waals surface area contributed by atoms with E-state index in [-0.39, 0.29) is 17.3 Å². The molecule has 0 saturated carbocycles. The van der Waals surface area contributed by atoms with Gasteiger partial charge in [0.1, 0.15) is 5.82 Å². The summed E-state index contributed by atoms with van der Waals surface area (Å²) in [6, 6.07) is 15.3. The highest BCUT2D eigenvalue weighted by molar-refractivity contribution is 5.62. The highest BCUT2D eigenvalue weighted by atomic mass is 19.1. The molecule has 0 spiro atoms. The SMILES string of the molecule is Cc1cccc(CNc2cc(-c3ccc(=O)n(C)c3)nc(Oc3c(C)cccc3F)n2)n1. The van der Waals surface area contributed by atoms with Crippen molar-refractivity contribution in [3.05, 3.63) is 93.9 Å². The van der Waals surface area contributed by atoms with Gasteiger partial charge >= 0.3 is 6.01 Å². The van der Waals surface area contributed by atoms with Crippen LogP contribution in [0.3, 0.4) is 0 Å². The van der Waals surface area contributed by atoms with Gasteiger partial charge in [-0.25, -0.2) is 4.39 Å². The Bertz CT molecular complexity index is 1320. The molecule has 32 heavy (non-hydrogen) atoms. The molecule has 0 aliphatic heterocycles. The number of pyridine rings is 2. The Morgan fingerprint density at radius 3 is 2.59 bits per heavy atom. The normalized spacial score (nSPS) is 10.8. The average molecular weight is 431 g/mol. The predicted octanol–water partition coefficient (Wildman–Crippen LogP) is 4.40. The van der Waals surface area contributed by atoms with Gasteiger partial charge in [-0.3, -0.25) is 9.78 Å². The van der Waals surface area contributed by atoms with Gasteiger partial charge in [-0.15, -0.1) is 0 Å². The number of rotatable bonds is 6. The van der Waals surface area contributed by atoms with Gasteiger partial charge in [-0.05, 0) is 43.7 Å². The van der Waals surface area contributed by atoms with Crippen molar-refractivity contribution in [2.24, 2.45) is 7.05 Å². The summed E-state index contributed by atoms with van der Waals surface area (Å²) < 4.78 is 21.5. The molecular formula is C24H22FN5O2. The molecular weight excluding hydrogens is 409 g/mol. The molecule has 1 N–H and O–H groups in total. The second kappa shape index (κ2) is 8.97. The molecule has 0 aliphatic rings. The summed E-state index contributed by atoms with van der Waals surface area (Å²) in [6.45, 7) is 4.11. The van der Waals surface area contributed by atoms with Gasteiger partial charge in [0.2, 0.25) is 5.56 Å². The summed E-state index contributed by atoms with van der Waals surface area (Å²) in [6.07, 6.45) is 1.68. The third-order valence-electron chi connectivity index (χ3n) is 4.84. The summed E-state index contributed by atoms with van der Waals surface area (Å²) in [5.74, 6) is 0.0483. The first-order chi connectivity index (χ1) is 15.4. The molecule has 0 unspecified atom stereocenters. The number of anilines is 1. The fourth-order valence-corrected chi connectivity index (χ4v) is 3.17. The van der Waals surface area contributed by atoms with E-state index >= 15 is 0 Å². The zero-order chi connectivity index (χ0) is 22.7. The number of para-hydroxylation sites is 1. The first-order valence-electron chi connectivity index (χ1n) is 10.0. The van der Waals surface area contributed by atoms with Crippen LogP contribution >= 0.6 is 0 Å². The summed E-state index contributed by atoms with van der Waals surface area (Å²) in [5.41, 5.74) is 3.47. The third-order valence-corrected chi connectivity index (χ3v) is 4.84. The number of hydrogen-bond donors (Lipinski definition) is 1. The van der Waals surface area contributed by atoms with Crippen LogP contribution in [0.2, 0.25) is 0 Å². The van der Waals surface area contributed by atoms with Crippen molar-refractivity contribution < 1.29 is 9.13 Å². The number of ether oxygens (including phenoxy) is 1. The second-order valence-electron chi connectivity index (χ2n) is 7.40. The van der Waals surface area contributed by atoms with Gasteiger partial charge in [-0.1, -0.05) is 18.2 Å². The maximum Gasteiger partial charge on any atom is 0.324 e. The zero-order valence-electron chi connectivity index (χ0n) is 18.0. The Morgan fingerprint density at radius 2 is 1.84 bits per heavy atom. The monoisotopic (exact) mass is 431 g/mol. The van der Waals surface area contributed by atoms with Gasteiger partial charge in [0.25, 0.3) is 0 Å². The summed E-state index contributed by atoms with van der Waals surface area (Å²) >= 11 is 0. The number of nitrogens with one attached hydrogen (secondary N) is 1. The van der Waals surface area contributed by atoms with Gasteiger partial charge in [-0.2, -0.15) is 9.97 Å². The number of nitrogens with zero attached hydrogens (tertiary/aromatic N) is 4. The summed E-state index contributed by atoms with van der Waals surface area (Å²) in [4.78, 5) is 25.1. The molecule has 3 aromatic heterocycles. The highest BCUT2D eigenvalue weighted by Gasteiger charge is 2.14. The van der Waals surface area contributed by atoms with E-state index in [2.05, 4.69) is 20.3 Å². The number of hydrogen-bond acceptors (Lipinski definition) is 6. The Balaban J connectivity index is 1.72. The number of aromatic nitrogens is 4. The molecule has 4 rings (SSSR count). The average Bonchev–Trinajstić information content (AvgIpc) is 2.77. The molecule has 7 nitrogen and oxygen atoms in total. The lowest BCUT2D eigenvalue weighted by atomic mass is 10.2. The van der Waals surface area contributed by atoms with Crippen molar-refractivity contribution in [2.75, 3.05) is 5.32 Å². The standard InChI is InChI=1S/C24H22FN5O2/c1-15-6-4-9-19(25)23(15)32-24-28-20(17-10-11-22(31)30(3)14-17)12-21(29-24)26-13-18-8-5-7-16(2)27-18/h4-12,14H,13H2,1-3H3,(H,26,28,29). The van der Waals surface area contributed by atoms with Crippen LogP contribution in [0.25, 0.3) is 11.3 Å². The Kier molecular flexibility index (Phi) is 5.93. The van der Waals surface area contributed by atoms with Crippen molar-refractivity contribution in [1.82, 2.24) is 19.5 Å². The first-order valence-corrected chi connectivity index (χ1v) is 10.0. The summed E-state index contributed by atoms with van der Waals surface area (Å²) in [7, 11) is 1.66. The molecule has 0 fully saturated rings. The van der Waals surface area contributed by atoms with Crippen molar-refractivity contribution in [1.29, 1.82) is 0 Å². The van der Waals surface area contributed by atoms with E-state index in [1.807, 2.05) is 25.1 Å². The molecule has 0 atom stereocenters. The lowest BCUT2D eigenvalue weighted by Gasteiger charge is -2.12. The van der Waals surface area contributed by atoms with Crippen LogP contribution in [0.1, 0.15) is 17.0 Å². The van der Waals surface area contributed by atoms with Gasteiger partial charge < -0.3 is 14.6 Å². The van der Waals surface area contributed by atoms with E-state index in [1.54, 1.807) is 44.4 Å². The van der Waals surface area contributed by atoms with Gasteiger partial charge in [0.05, 0.1) is 17.9 Å². The minimum Gasteiger partial charge on any atom is -0.421 e. The summed E-state index contributed by atoms with van der Waals surface area (Å²) in [5, 5.41) is 3.22. The van der Waals surface area contributed by atoms with E-state index in [0.717, 1.165) is 11.4 Å². The van der Waals surface area contributed by atoms with Crippen LogP contribution in [0.4, 0.5) is 10.2 Å². The van der Waals surface area contributed by atoms with E-state index in [0.29, 0.717) is 29.2 Å². The Labute approximate surface area is 184 Å². The van der Waals surface area contributed by atoms with Crippen LogP contribution < -0.4 is 15.6 Å². The van der Waals surface area contributed by atoms with Crippen molar-refractivity contribution in [2.45, 2.75) is 20.4 Å². The van der Waals surface area contributed by atoms with Crippen molar-refractivity contribution in [3.63, 3.8) is 0 Å². The number of halogens is 1. The highest BCUT2D eigenvalue weighted by Crippen LogP contribution is 2.29. The lowest BCUT2D eigenvalue weighted by Crippen LogP contribution is -2.14. The van der Waals surface area contributed by atoms with Crippen LogP contribution in [-0.4, -0.2) is 19.5 Å². The largest absolute Gasteiger partial charge is 0.421 e. The van der Waals surface area contributed by atoms with E-state index in [1.165, 1.54) is 16.7 Å². The molecule has 8 heteroatoms. The Morgan fingerprint density at radius 1 is 1.03 bits per heavy atom. The quantitative estimate of drug-likeness (QED) is 0.487. The van der Waals surface area contributed by atoms with Crippen LogP contribution in [0.5, 0.6) is 11.8 Å². The fraction of sp³-hybridized carbons (Fsp3) is 0.167. The van der Waals surface area contributed by atoms with Crippen LogP contribution in [0.15, 0.2) is 65.6 Å². The topological polar surface area (TPSA) is 81.9 Å². The fourth-order valence-electron chi connectivity index (χ4n) is 3.17. The van der Waals surface area contributed by atoms with Gasteiger partial charge in [0.15, 0.2) is 11.6 Å². The smallest absolute Gasteiger partial charge is 0.324 e. The molecule has 0 bridgehead atoms. The van der Waals surface area contributed by atoms with E-state index in [9.17, 15) is 9.18 Å². The number of benzene rings is 1. The molecule has 1 aromatic carbocycles. The molecule has 0 amide bonds. The van der Waals surface area contributed by atoms with Crippen molar-refractivity contribution in [3.8, 4) is 23.0 Å². The first kappa shape index (κ1) is 21.2. The molecule has 4 aromatic rings. The minimum atomic E-state index is -0.500. The van der Waals surface area contributed by atoms with Gasteiger partial charge in [0, 0.05) is 36.6 Å². The zero-order valence-corrected chi connectivity index (χ0v) is 18.0. The minimum absolute atomic E-state index is 0.00995. The Hall–Kier alpha value is -4.07. The lowest BCUT2D eigenvalue weighted by molar-refractivity contribution is 0.409. The van der Waals surface area contributed by atoms with Crippen molar-refractivity contribution >= 4 is 5.82 Å². The molecule has 0 aliphatic carbocycles. The van der Waals surface area contributed by atoms with E-state index < -0.39 is 5.82 Å². The molecule has 0 radical (unpaired) electrons. The third kappa shape index (κ3) is 4.80. The maximum atomic E-state index is 14.3. The predicted molar refractivity (Wildman–Crippen MR) is 120 cm³/mol.